The number of hydrogen-bond donors (Lipinski definition) is 1. The van der Waals surface area contributed by atoms with Crippen LogP contribution in [0.3, 0.4) is 0 Å². The number of amides is 1. The number of aromatic nitrogens is 1. The molecule has 0 radical (unpaired) electrons. The van der Waals surface area contributed by atoms with Crippen LogP contribution < -0.4 is 5.32 Å². The zero-order chi connectivity index (χ0) is 14.7. The number of thiophene rings is 1. The van der Waals surface area contributed by atoms with Gasteiger partial charge in [0.2, 0.25) is 0 Å². The molecule has 1 amide bonds. The first-order valence-electron chi connectivity index (χ1n) is 6.91. The number of carbonyl (C=O) groups is 1. The SMILES string of the molecule is Cc1c(C(=O)NCCc2cccnc2)sc2ccccc12. The largest absolute Gasteiger partial charge is 0.351 e. The van der Waals surface area contributed by atoms with Gasteiger partial charge in [-0.1, -0.05) is 24.3 Å². The lowest BCUT2D eigenvalue weighted by Gasteiger charge is -2.04. The van der Waals surface area contributed by atoms with Gasteiger partial charge in [0.15, 0.2) is 0 Å². The Hall–Kier alpha value is -2.20. The van der Waals surface area contributed by atoms with Crippen molar-refractivity contribution in [2.45, 2.75) is 13.3 Å². The summed E-state index contributed by atoms with van der Waals surface area (Å²) in [5, 5.41) is 4.16. The number of pyridine rings is 1. The summed E-state index contributed by atoms with van der Waals surface area (Å²) in [5.74, 6) is 0.0117. The Balaban J connectivity index is 1.68. The minimum absolute atomic E-state index is 0.0117. The van der Waals surface area contributed by atoms with Gasteiger partial charge in [0.05, 0.1) is 4.88 Å². The van der Waals surface area contributed by atoms with Crippen molar-refractivity contribution in [2.75, 3.05) is 6.54 Å². The minimum Gasteiger partial charge on any atom is -0.351 e. The van der Waals surface area contributed by atoms with E-state index in [9.17, 15) is 4.79 Å². The molecule has 0 spiro atoms. The molecule has 2 aromatic heterocycles. The predicted molar refractivity (Wildman–Crippen MR) is 86.8 cm³/mol. The molecular weight excluding hydrogens is 280 g/mol. The van der Waals surface area contributed by atoms with Crippen LogP contribution in [0, 0.1) is 6.92 Å². The molecule has 2 heterocycles. The maximum Gasteiger partial charge on any atom is 0.261 e. The van der Waals surface area contributed by atoms with Crippen molar-refractivity contribution in [3.63, 3.8) is 0 Å². The third kappa shape index (κ3) is 2.95. The number of carbonyl (C=O) groups excluding carboxylic acids is 1. The normalized spacial score (nSPS) is 10.7. The second kappa shape index (κ2) is 6.06. The Morgan fingerprint density at radius 3 is 2.86 bits per heavy atom. The van der Waals surface area contributed by atoms with Crippen molar-refractivity contribution in [1.29, 1.82) is 0 Å². The highest BCUT2D eigenvalue weighted by Gasteiger charge is 2.14. The zero-order valence-corrected chi connectivity index (χ0v) is 12.6. The lowest BCUT2D eigenvalue weighted by molar-refractivity contribution is 0.0957. The second-order valence-electron chi connectivity index (χ2n) is 4.92. The highest BCUT2D eigenvalue weighted by Crippen LogP contribution is 2.30. The molecule has 0 atom stereocenters. The van der Waals surface area contributed by atoms with Gasteiger partial charge in [-0.25, -0.2) is 0 Å². The first kappa shape index (κ1) is 13.8. The van der Waals surface area contributed by atoms with Gasteiger partial charge in [0.1, 0.15) is 0 Å². The van der Waals surface area contributed by atoms with Gasteiger partial charge in [-0.05, 0) is 42.0 Å². The molecule has 0 saturated heterocycles. The number of benzene rings is 1. The Labute approximate surface area is 127 Å². The Morgan fingerprint density at radius 1 is 1.24 bits per heavy atom. The molecule has 1 aromatic carbocycles. The van der Waals surface area contributed by atoms with E-state index < -0.39 is 0 Å². The smallest absolute Gasteiger partial charge is 0.261 e. The molecule has 0 unspecified atom stereocenters. The maximum absolute atomic E-state index is 12.3. The van der Waals surface area contributed by atoms with Crippen molar-refractivity contribution in [1.82, 2.24) is 10.3 Å². The van der Waals surface area contributed by atoms with Crippen molar-refractivity contribution in [3.05, 3.63) is 64.8 Å². The van der Waals surface area contributed by atoms with E-state index >= 15 is 0 Å². The van der Waals surface area contributed by atoms with Gasteiger partial charge in [-0.15, -0.1) is 11.3 Å². The summed E-state index contributed by atoms with van der Waals surface area (Å²) in [6, 6.07) is 12.1. The lowest BCUT2D eigenvalue weighted by Crippen LogP contribution is -2.25. The lowest BCUT2D eigenvalue weighted by atomic mass is 10.1. The maximum atomic E-state index is 12.3. The average molecular weight is 296 g/mol. The van der Waals surface area contributed by atoms with Crippen LogP contribution in [0.4, 0.5) is 0 Å². The second-order valence-corrected chi connectivity index (χ2v) is 5.97. The molecule has 0 aliphatic carbocycles. The third-order valence-corrected chi connectivity index (χ3v) is 4.74. The average Bonchev–Trinajstić information content (AvgIpc) is 2.86. The number of hydrogen-bond acceptors (Lipinski definition) is 3. The minimum atomic E-state index is 0.0117. The van der Waals surface area contributed by atoms with Gasteiger partial charge in [-0.3, -0.25) is 9.78 Å². The summed E-state index contributed by atoms with van der Waals surface area (Å²) in [5.41, 5.74) is 2.19. The Kier molecular flexibility index (Phi) is 3.97. The molecule has 21 heavy (non-hydrogen) atoms. The van der Waals surface area contributed by atoms with E-state index in [2.05, 4.69) is 22.4 Å². The first-order valence-corrected chi connectivity index (χ1v) is 7.72. The fourth-order valence-corrected chi connectivity index (χ4v) is 3.46. The molecule has 0 fully saturated rings. The Bertz CT molecular complexity index is 765. The third-order valence-electron chi connectivity index (χ3n) is 3.47. The van der Waals surface area contributed by atoms with Crippen LogP contribution in [0.5, 0.6) is 0 Å². The molecule has 3 aromatic rings. The fourth-order valence-electron chi connectivity index (χ4n) is 2.34. The molecule has 3 rings (SSSR count). The molecule has 0 aliphatic rings. The Morgan fingerprint density at radius 2 is 2.10 bits per heavy atom. The number of nitrogens with zero attached hydrogens (tertiary/aromatic N) is 1. The van der Waals surface area contributed by atoms with Crippen LogP contribution in [-0.2, 0) is 6.42 Å². The quantitative estimate of drug-likeness (QED) is 0.799. The van der Waals surface area contributed by atoms with Crippen molar-refractivity contribution < 1.29 is 4.79 Å². The summed E-state index contributed by atoms with van der Waals surface area (Å²) < 4.78 is 1.16. The van der Waals surface area contributed by atoms with E-state index in [-0.39, 0.29) is 5.91 Å². The molecule has 0 bridgehead atoms. The molecule has 0 saturated carbocycles. The van der Waals surface area contributed by atoms with E-state index in [0.29, 0.717) is 6.54 Å². The first-order chi connectivity index (χ1) is 10.3. The van der Waals surface area contributed by atoms with Gasteiger partial charge >= 0.3 is 0 Å². The highest BCUT2D eigenvalue weighted by atomic mass is 32.1. The van der Waals surface area contributed by atoms with E-state index in [1.807, 2.05) is 37.4 Å². The summed E-state index contributed by atoms with van der Waals surface area (Å²) in [6.45, 7) is 2.63. The van der Waals surface area contributed by atoms with E-state index in [1.165, 1.54) is 5.39 Å². The number of aryl methyl sites for hydroxylation is 1. The van der Waals surface area contributed by atoms with Crippen molar-refractivity contribution >= 4 is 27.3 Å². The van der Waals surface area contributed by atoms with Gasteiger partial charge in [-0.2, -0.15) is 0 Å². The van der Waals surface area contributed by atoms with Gasteiger partial charge in [0, 0.05) is 23.6 Å². The van der Waals surface area contributed by atoms with Crippen LogP contribution in [0.15, 0.2) is 48.8 Å². The monoisotopic (exact) mass is 296 g/mol. The molecule has 4 heteroatoms. The van der Waals surface area contributed by atoms with Crippen molar-refractivity contribution in [2.24, 2.45) is 0 Å². The highest BCUT2D eigenvalue weighted by molar-refractivity contribution is 7.21. The standard InChI is InChI=1S/C17H16N2OS/c1-12-14-6-2-3-7-15(14)21-16(12)17(20)19-10-8-13-5-4-9-18-11-13/h2-7,9,11H,8,10H2,1H3,(H,19,20). The summed E-state index contributed by atoms with van der Waals surface area (Å²) in [4.78, 5) is 17.2. The van der Waals surface area contributed by atoms with E-state index in [4.69, 9.17) is 0 Å². The number of fused-ring (bicyclic) bond motifs is 1. The van der Waals surface area contributed by atoms with Crippen molar-refractivity contribution in [3.8, 4) is 0 Å². The van der Waals surface area contributed by atoms with Gasteiger partial charge in [0.25, 0.3) is 5.91 Å². The van der Waals surface area contributed by atoms with Crippen LogP contribution in [0.25, 0.3) is 10.1 Å². The summed E-state index contributed by atoms with van der Waals surface area (Å²) in [7, 11) is 0. The van der Waals surface area contributed by atoms with Gasteiger partial charge < -0.3 is 5.32 Å². The number of rotatable bonds is 4. The summed E-state index contributed by atoms with van der Waals surface area (Å²) in [6.07, 6.45) is 4.38. The van der Waals surface area contributed by atoms with Crippen LogP contribution in [0.1, 0.15) is 20.8 Å². The predicted octanol–water partition coefficient (Wildman–Crippen LogP) is 3.58. The molecule has 3 nitrogen and oxygen atoms in total. The molecular formula is C17H16N2OS. The van der Waals surface area contributed by atoms with E-state index in [0.717, 1.165) is 27.1 Å². The van der Waals surface area contributed by atoms with Crippen LogP contribution >= 0.6 is 11.3 Å². The molecule has 106 valence electrons. The van der Waals surface area contributed by atoms with Crippen LogP contribution in [0.2, 0.25) is 0 Å². The summed E-state index contributed by atoms with van der Waals surface area (Å²) >= 11 is 1.55. The zero-order valence-electron chi connectivity index (χ0n) is 11.8. The fraction of sp³-hybridized carbons (Fsp3) is 0.176. The van der Waals surface area contributed by atoms with E-state index in [1.54, 1.807) is 17.5 Å². The number of nitrogens with one attached hydrogen (secondary N) is 1. The molecule has 1 N–H and O–H groups in total. The topological polar surface area (TPSA) is 42.0 Å². The molecule has 0 aliphatic heterocycles. The van der Waals surface area contributed by atoms with Crippen LogP contribution in [-0.4, -0.2) is 17.4 Å².